The van der Waals surface area contributed by atoms with Gasteiger partial charge in [0.2, 0.25) is 0 Å². The van der Waals surface area contributed by atoms with Gasteiger partial charge in [-0.2, -0.15) is 0 Å². The molecule has 0 heterocycles. The Hall–Kier alpha value is -2.15. The molecule has 1 aromatic rings. The van der Waals surface area contributed by atoms with Crippen LogP contribution in [0, 0.1) is 12.3 Å². The highest BCUT2D eigenvalue weighted by Gasteiger charge is 2.07. The minimum absolute atomic E-state index is 0.192. The lowest BCUT2D eigenvalue weighted by Gasteiger charge is -2.07. The summed E-state index contributed by atoms with van der Waals surface area (Å²) in [6, 6.07) is 4.88. The van der Waals surface area contributed by atoms with Gasteiger partial charge in [-0.05, 0) is 19.1 Å². The lowest BCUT2D eigenvalue weighted by atomic mass is 10.1. The molecule has 0 aliphatic carbocycles. The van der Waals surface area contributed by atoms with E-state index in [-0.39, 0.29) is 12.5 Å². The van der Waals surface area contributed by atoms with E-state index in [1.165, 1.54) is 0 Å². The van der Waals surface area contributed by atoms with Crippen LogP contribution in [-0.2, 0) is 0 Å². The summed E-state index contributed by atoms with van der Waals surface area (Å²) < 4.78 is 5.28. The number of benzene rings is 1. The zero-order valence-corrected chi connectivity index (χ0v) is 9.12. The number of carbonyl (C=O) groups excluding carboxylic acids is 1. The fourth-order valence-electron chi connectivity index (χ4n) is 1.24. The zero-order valence-electron chi connectivity index (χ0n) is 9.12. The largest absolute Gasteiger partial charge is 0.494 e. The van der Waals surface area contributed by atoms with Crippen molar-refractivity contribution in [2.24, 2.45) is 0 Å². The van der Waals surface area contributed by atoms with E-state index in [1.54, 1.807) is 18.2 Å². The highest BCUT2D eigenvalue weighted by Crippen LogP contribution is 2.18. The third kappa shape index (κ3) is 3.21. The van der Waals surface area contributed by atoms with Crippen molar-refractivity contribution >= 4 is 11.6 Å². The molecule has 0 radical (unpaired) electrons. The van der Waals surface area contributed by atoms with Gasteiger partial charge >= 0.3 is 0 Å². The Morgan fingerprint density at radius 3 is 2.94 bits per heavy atom. The molecule has 84 valence electrons. The summed E-state index contributed by atoms with van der Waals surface area (Å²) in [4.78, 5) is 11.6. The highest BCUT2D eigenvalue weighted by molar-refractivity contribution is 5.95. The van der Waals surface area contributed by atoms with Crippen molar-refractivity contribution in [2.45, 2.75) is 6.92 Å². The number of nitrogens with two attached hydrogens (primary N) is 1. The Kier molecular flexibility index (Phi) is 4.22. The van der Waals surface area contributed by atoms with Gasteiger partial charge in [-0.25, -0.2) is 0 Å². The number of terminal acetylenes is 1. The first kappa shape index (κ1) is 11.9. The van der Waals surface area contributed by atoms with Gasteiger partial charge in [-0.15, -0.1) is 6.42 Å². The normalized spacial score (nSPS) is 9.25. The maximum absolute atomic E-state index is 11.6. The Bertz CT molecular complexity index is 422. The second-order valence-electron chi connectivity index (χ2n) is 3.11. The predicted octanol–water partition coefficient (Wildman–Crippen LogP) is 1.03. The van der Waals surface area contributed by atoms with Gasteiger partial charge < -0.3 is 15.8 Å². The summed E-state index contributed by atoms with van der Waals surface area (Å²) >= 11 is 0. The monoisotopic (exact) mass is 218 g/mol. The molecule has 4 nitrogen and oxygen atoms in total. The molecule has 16 heavy (non-hydrogen) atoms. The molecule has 0 spiro atoms. The first-order valence-corrected chi connectivity index (χ1v) is 4.92. The minimum atomic E-state index is -0.258. The maximum Gasteiger partial charge on any atom is 0.252 e. The van der Waals surface area contributed by atoms with Crippen LogP contribution < -0.4 is 15.8 Å². The van der Waals surface area contributed by atoms with Gasteiger partial charge in [0.25, 0.3) is 5.91 Å². The van der Waals surface area contributed by atoms with E-state index in [0.29, 0.717) is 23.6 Å². The SMILES string of the molecule is C#CCNC(=O)c1cc(N)cc(OCC)c1. The molecule has 0 aliphatic heterocycles. The van der Waals surface area contributed by atoms with Crippen LogP contribution in [0.4, 0.5) is 5.69 Å². The van der Waals surface area contributed by atoms with Crippen LogP contribution in [0.15, 0.2) is 18.2 Å². The van der Waals surface area contributed by atoms with Crippen LogP contribution >= 0.6 is 0 Å². The van der Waals surface area contributed by atoms with Gasteiger partial charge in [0.05, 0.1) is 13.2 Å². The molecular weight excluding hydrogens is 204 g/mol. The van der Waals surface area contributed by atoms with Crippen molar-refractivity contribution in [3.05, 3.63) is 23.8 Å². The Balaban J connectivity index is 2.87. The molecule has 3 N–H and O–H groups in total. The molecule has 1 amide bonds. The average molecular weight is 218 g/mol. The number of nitrogens with one attached hydrogen (secondary N) is 1. The van der Waals surface area contributed by atoms with Crippen LogP contribution in [0.5, 0.6) is 5.75 Å². The molecule has 0 unspecified atom stereocenters. The van der Waals surface area contributed by atoms with Crippen molar-refractivity contribution < 1.29 is 9.53 Å². The van der Waals surface area contributed by atoms with Crippen molar-refractivity contribution in [1.29, 1.82) is 0 Å². The van der Waals surface area contributed by atoms with Crippen molar-refractivity contribution in [1.82, 2.24) is 5.32 Å². The number of ether oxygens (including phenoxy) is 1. The van der Waals surface area contributed by atoms with E-state index in [1.807, 2.05) is 6.92 Å². The summed E-state index contributed by atoms with van der Waals surface area (Å²) in [5.74, 6) is 2.65. The number of nitrogen functional groups attached to an aromatic ring is 1. The standard InChI is InChI=1S/C12H14N2O2/c1-3-5-14-12(15)9-6-10(13)8-11(7-9)16-4-2/h1,6-8H,4-5,13H2,2H3,(H,14,15). The van der Waals surface area contributed by atoms with Crippen LogP contribution in [0.3, 0.4) is 0 Å². The van der Waals surface area contributed by atoms with Gasteiger partial charge in [0.15, 0.2) is 0 Å². The van der Waals surface area contributed by atoms with Crippen molar-refractivity contribution in [2.75, 3.05) is 18.9 Å². The molecule has 1 aromatic carbocycles. The Morgan fingerprint density at radius 2 is 2.31 bits per heavy atom. The lowest BCUT2D eigenvalue weighted by Crippen LogP contribution is -2.23. The summed E-state index contributed by atoms with van der Waals surface area (Å²) in [6.45, 7) is 2.58. The summed E-state index contributed by atoms with van der Waals surface area (Å²) in [7, 11) is 0. The third-order valence-corrected chi connectivity index (χ3v) is 1.85. The fraction of sp³-hybridized carbons (Fsp3) is 0.250. The summed E-state index contributed by atoms with van der Waals surface area (Å²) in [5, 5.41) is 2.56. The van der Waals surface area contributed by atoms with E-state index in [0.717, 1.165) is 0 Å². The van der Waals surface area contributed by atoms with Crippen molar-refractivity contribution in [3.8, 4) is 18.1 Å². The van der Waals surface area contributed by atoms with Gasteiger partial charge in [0, 0.05) is 17.3 Å². The molecule has 0 fully saturated rings. The smallest absolute Gasteiger partial charge is 0.252 e. The predicted molar refractivity (Wildman–Crippen MR) is 63.2 cm³/mol. The van der Waals surface area contributed by atoms with E-state index in [2.05, 4.69) is 11.2 Å². The lowest BCUT2D eigenvalue weighted by molar-refractivity contribution is 0.0958. The minimum Gasteiger partial charge on any atom is -0.494 e. The number of carbonyl (C=O) groups is 1. The molecule has 1 rings (SSSR count). The number of amides is 1. The molecule has 0 saturated carbocycles. The molecule has 0 saturated heterocycles. The fourth-order valence-corrected chi connectivity index (χ4v) is 1.24. The van der Waals surface area contributed by atoms with Crippen LogP contribution in [0.1, 0.15) is 17.3 Å². The molecule has 4 heteroatoms. The van der Waals surface area contributed by atoms with Crippen molar-refractivity contribution in [3.63, 3.8) is 0 Å². The van der Waals surface area contributed by atoms with E-state index < -0.39 is 0 Å². The van der Waals surface area contributed by atoms with Gasteiger partial charge in [0.1, 0.15) is 5.75 Å². The van der Waals surface area contributed by atoms with Gasteiger partial charge in [-0.1, -0.05) is 5.92 Å². The molecule has 0 bridgehead atoms. The second-order valence-corrected chi connectivity index (χ2v) is 3.11. The van der Waals surface area contributed by atoms with Gasteiger partial charge in [-0.3, -0.25) is 4.79 Å². The van der Waals surface area contributed by atoms with Crippen LogP contribution in [0.25, 0.3) is 0 Å². The van der Waals surface area contributed by atoms with E-state index >= 15 is 0 Å². The number of hydrogen-bond acceptors (Lipinski definition) is 3. The topological polar surface area (TPSA) is 64.4 Å². The average Bonchev–Trinajstić information content (AvgIpc) is 2.25. The first-order chi connectivity index (χ1) is 7.67. The van der Waals surface area contributed by atoms with E-state index in [4.69, 9.17) is 16.9 Å². The third-order valence-electron chi connectivity index (χ3n) is 1.85. The number of rotatable bonds is 4. The van der Waals surface area contributed by atoms with Crippen LogP contribution in [0.2, 0.25) is 0 Å². The molecular formula is C12H14N2O2. The maximum atomic E-state index is 11.6. The molecule has 0 aliphatic rings. The Labute approximate surface area is 94.8 Å². The molecule has 0 atom stereocenters. The molecule has 0 aromatic heterocycles. The zero-order chi connectivity index (χ0) is 12.0. The number of hydrogen-bond donors (Lipinski definition) is 2. The highest BCUT2D eigenvalue weighted by atomic mass is 16.5. The first-order valence-electron chi connectivity index (χ1n) is 4.92. The van der Waals surface area contributed by atoms with Crippen LogP contribution in [-0.4, -0.2) is 19.1 Å². The summed E-state index contributed by atoms with van der Waals surface area (Å²) in [6.07, 6.45) is 5.05. The Morgan fingerprint density at radius 1 is 1.56 bits per heavy atom. The van der Waals surface area contributed by atoms with E-state index in [9.17, 15) is 4.79 Å². The number of anilines is 1. The quantitative estimate of drug-likeness (QED) is 0.586. The summed E-state index contributed by atoms with van der Waals surface area (Å²) in [5.41, 5.74) is 6.58. The second kappa shape index (κ2) is 5.66.